The van der Waals surface area contributed by atoms with E-state index in [9.17, 15) is 9.18 Å². The molecule has 2 aromatic heterocycles. The predicted molar refractivity (Wildman–Crippen MR) is 93.2 cm³/mol. The number of hydrogen-bond acceptors (Lipinski definition) is 5. The maximum atomic E-state index is 14.4. The van der Waals surface area contributed by atoms with Crippen LogP contribution >= 0.6 is 11.8 Å². The number of aromatic nitrogens is 4. The molecule has 3 aromatic rings. The van der Waals surface area contributed by atoms with E-state index in [0.717, 1.165) is 5.56 Å². The van der Waals surface area contributed by atoms with Crippen molar-refractivity contribution in [2.24, 2.45) is 0 Å². The minimum Gasteiger partial charge on any atom is -0.309 e. The Morgan fingerprint density at radius 2 is 2.00 bits per heavy atom. The molecule has 0 unspecified atom stereocenters. The molecule has 126 valence electrons. The molecule has 1 aliphatic rings. The van der Waals surface area contributed by atoms with Crippen molar-refractivity contribution in [2.45, 2.75) is 12.2 Å². The fourth-order valence-electron chi connectivity index (χ4n) is 2.86. The van der Waals surface area contributed by atoms with E-state index in [4.69, 9.17) is 0 Å². The summed E-state index contributed by atoms with van der Waals surface area (Å²) in [6, 6.07) is 8.31. The van der Waals surface area contributed by atoms with Crippen molar-refractivity contribution in [3.05, 3.63) is 65.4 Å². The number of thioether (sulfide) groups is 1. The third-order valence-corrected chi connectivity index (χ3v) is 5.19. The van der Waals surface area contributed by atoms with Crippen molar-refractivity contribution in [2.75, 3.05) is 11.1 Å². The molecule has 1 N–H and O–H groups in total. The Kier molecular flexibility index (Phi) is 3.96. The van der Waals surface area contributed by atoms with Crippen molar-refractivity contribution in [3.63, 3.8) is 0 Å². The topological polar surface area (TPSA) is 72.7 Å². The van der Waals surface area contributed by atoms with Gasteiger partial charge in [-0.15, -0.1) is 11.8 Å². The summed E-state index contributed by atoms with van der Waals surface area (Å²) in [6.07, 6.45) is 3.21. The number of anilines is 1. The number of carbonyl (C=O) groups is 1. The van der Waals surface area contributed by atoms with Crippen LogP contribution in [0.3, 0.4) is 0 Å². The zero-order valence-electron chi connectivity index (χ0n) is 13.3. The van der Waals surface area contributed by atoms with Gasteiger partial charge in [0, 0.05) is 23.5 Å². The molecular formula is C17H14FN5OS. The number of amides is 1. The standard InChI is InChI=1S/C17H14FN5OS/c1-10-14-15(11-5-2-3-6-12(11)18)25-9-13(24)21-16(14)23(22-10)17-19-7-4-8-20-17/h2-8,15H,9H2,1H3,(H,21,24)/t15-/m1/s1. The van der Waals surface area contributed by atoms with E-state index in [2.05, 4.69) is 20.4 Å². The van der Waals surface area contributed by atoms with E-state index >= 15 is 0 Å². The maximum Gasteiger partial charge on any atom is 0.252 e. The SMILES string of the molecule is Cc1nn(-c2ncccn2)c2c1[C@@H](c1ccccc1F)SCC(=O)N2. The Morgan fingerprint density at radius 1 is 1.24 bits per heavy atom. The largest absolute Gasteiger partial charge is 0.309 e. The minimum absolute atomic E-state index is 0.165. The van der Waals surface area contributed by atoms with E-state index < -0.39 is 0 Å². The molecule has 0 radical (unpaired) electrons. The van der Waals surface area contributed by atoms with Crippen molar-refractivity contribution in [1.29, 1.82) is 0 Å². The first-order valence-electron chi connectivity index (χ1n) is 7.68. The quantitative estimate of drug-likeness (QED) is 0.765. The van der Waals surface area contributed by atoms with Crippen molar-refractivity contribution in [3.8, 4) is 5.95 Å². The lowest BCUT2D eigenvalue weighted by Gasteiger charge is -2.15. The highest BCUT2D eigenvalue weighted by Crippen LogP contribution is 2.44. The summed E-state index contributed by atoms with van der Waals surface area (Å²) < 4.78 is 15.9. The van der Waals surface area contributed by atoms with Crippen LogP contribution in [-0.4, -0.2) is 31.4 Å². The first-order chi connectivity index (χ1) is 12.1. The monoisotopic (exact) mass is 355 g/mol. The average Bonchev–Trinajstić information content (AvgIpc) is 2.83. The molecule has 1 amide bonds. The number of halogens is 1. The fourth-order valence-corrected chi connectivity index (χ4v) is 4.07. The van der Waals surface area contributed by atoms with Gasteiger partial charge in [-0.05, 0) is 19.1 Å². The number of nitrogens with zero attached hydrogens (tertiary/aromatic N) is 4. The van der Waals surface area contributed by atoms with Gasteiger partial charge >= 0.3 is 0 Å². The molecule has 0 aliphatic carbocycles. The maximum absolute atomic E-state index is 14.4. The zero-order chi connectivity index (χ0) is 17.4. The lowest BCUT2D eigenvalue weighted by molar-refractivity contribution is -0.113. The first kappa shape index (κ1) is 15.8. The third-order valence-electron chi connectivity index (χ3n) is 3.94. The molecule has 1 atom stereocenters. The molecule has 4 rings (SSSR count). The van der Waals surface area contributed by atoms with Crippen LogP contribution in [-0.2, 0) is 4.79 Å². The number of aryl methyl sites for hydroxylation is 1. The smallest absolute Gasteiger partial charge is 0.252 e. The van der Waals surface area contributed by atoms with Crippen LogP contribution in [0.2, 0.25) is 0 Å². The van der Waals surface area contributed by atoms with Crippen LogP contribution in [0, 0.1) is 12.7 Å². The Morgan fingerprint density at radius 3 is 2.76 bits per heavy atom. The van der Waals surface area contributed by atoms with Crippen molar-refractivity contribution in [1.82, 2.24) is 19.7 Å². The van der Waals surface area contributed by atoms with Gasteiger partial charge in [-0.3, -0.25) is 4.79 Å². The van der Waals surface area contributed by atoms with Crippen molar-refractivity contribution < 1.29 is 9.18 Å². The second-order valence-corrected chi connectivity index (χ2v) is 6.66. The normalized spacial score (nSPS) is 16.9. The molecule has 3 heterocycles. The summed E-state index contributed by atoms with van der Waals surface area (Å²) >= 11 is 1.38. The number of hydrogen-bond donors (Lipinski definition) is 1. The lowest BCUT2D eigenvalue weighted by Crippen LogP contribution is -2.16. The highest BCUT2D eigenvalue weighted by atomic mass is 32.2. The van der Waals surface area contributed by atoms with Gasteiger partial charge in [0.1, 0.15) is 11.6 Å². The van der Waals surface area contributed by atoms with Gasteiger partial charge in [-0.25, -0.2) is 14.4 Å². The Balaban J connectivity index is 1.92. The van der Waals surface area contributed by atoms with E-state index in [1.54, 1.807) is 36.7 Å². The molecule has 6 nitrogen and oxygen atoms in total. The van der Waals surface area contributed by atoms with E-state index in [1.165, 1.54) is 22.5 Å². The summed E-state index contributed by atoms with van der Waals surface area (Å²) in [5.41, 5.74) is 2.00. The summed E-state index contributed by atoms with van der Waals surface area (Å²) in [7, 11) is 0. The van der Waals surface area contributed by atoms with Crippen LogP contribution in [0.1, 0.15) is 22.1 Å². The lowest BCUT2D eigenvalue weighted by atomic mass is 10.0. The Hall–Kier alpha value is -2.74. The molecule has 0 bridgehead atoms. The van der Waals surface area contributed by atoms with Crippen LogP contribution in [0.5, 0.6) is 0 Å². The van der Waals surface area contributed by atoms with Gasteiger partial charge in [0.05, 0.1) is 16.7 Å². The third kappa shape index (κ3) is 2.78. The van der Waals surface area contributed by atoms with Crippen LogP contribution < -0.4 is 5.32 Å². The molecule has 0 spiro atoms. The summed E-state index contributed by atoms with van der Waals surface area (Å²) in [4.78, 5) is 20.6. The molecule has 0 saturated heterocycles. The van der Waals surface area contributed by atoms with Gasteiger partial charge in [0.2, 0.25) is 5.91 Å². The molecule has 1 aromatic carbocycles. The number of rotatable bonds is 2. The van der Waals surface area contributed by atoms with Gasteiger partial charge < -0.3 is 5.32 Å². The molecule has 8 heteroatoms. The van der Waals surface area contributed by atoms with Crippen LogP contribution in [0.25, 0.3) is 5.95 Å². The molecule has 25 heavy (non-hydrogen) atoms. The second kappa shape index (κ2) is 6.29. The molecule has 0 saturated carbocycles. The summed E-state index contributed by atoms with van der Waals surface area (Å²) in [5, 5.41) is 7.01. The zero-order valence-corrected chi connectivity index (χ0v) is 14.1. The van der Waals surface area contributed by atoms with Crippen LogP contribution in [0.15, 0.2) is 42.7 Å². The minimum atomic E-state index is -0.340. The Bertz CT molecular complexity index is 943. The average molecular weight is 355 g/mol. The summed E-state index contributed by atoms with van der Waals surface area (Å²) in [5.74, 6) is 0.604. The highest BCUT2D eigenvalue weighted by molar-refractivity contribution is 8.00. The molecular weight excluding hydrogens is 341 g/mol. The van der Waals surface area contributed by atoms with Gasteiger partial charge in [-0.1, -0.05) is 18.2 Å². The fraction of sp³-hybridized carbons (Fsp3) is 0.176. The number of nitrogens with one attached hydrogen (secondary N) is 1. The van der Waals surface area contributed by atoms with Gasteiger partial charge in [0.15, 0.2) is 0 Å². The predicted octanol–water partition coefficient (Wildman–Crippen LogP) is 2.88. The molecule has 0 fully saturated rings. The van der Waals surface area contributed by atoms with Gasteiger partial charge in [-0.2, -0.15) is 9.78 Å². The van der Waals surface area contributed by atoms with Crippen molar-refractivity contribution >= 4 is 23.5 Å². The first-order valence-corrected chi connectivity index (χ1v) is 8.73. The Labute approximate surface area is 147 Å². The van der Waals surface area contributed by atoms with Gasteiger partial charge in [0.25, 0.3) is 5.95 Å². The second-order valence-electron chi connectivity index (χ2n) is 5.57. The number of benzene rings is 1. The number of fused-ring (bicyclic) bond motifs is 1. The van der Waals surface area contributed by atoms with E-state index in [1.807, 2.05) is 6.92 Å². The molecule has 1 aliphatic heterocycles. The summed E-state index contributed by atoms with van der Waals surface area (Å²) in [6.45, 7) is 1.84. The number of carbonyl (C=O) groups excluding carboxylic acids is 1. The van der Waals surface area contributed by atoms with E-state index in [0.29, 0.717) is 23.0 Å². The highest BCUT2D eigenvalue weighted by Gasteiger charge is 2.32. The van der Waals surface area contributed by atoms with E-state index in [-0.39, 0.29) is 22.7 Å². The van der Waals surface area contributed by atoms with Crippen LogP contribution in [0.4, 0.5) is 10.2 Å².